The van der Waals surface area contributed by atoms with Crippen molar-refractivity contribution in [1.82, 2.24) is 9.80 Å². The third kappa shape index (κ3) is 9.68. The molecule has 1 aliphatic heterocycles. The Labute approximate surface area is 282 Å². The fraction of sp³-hybridized carbons (Fsp3) is 0.457. The van der Waals surface area contributed by atoms with E-state index in [0.717, 1.165) is 34.1 Å². The van der Waals surface area contributed by atoms with E-state index in [1.807, 2.05) is 55.5 Å². The highest BCUT2D eigenvalue weighted by Gasteiger charge is 2.38. The number of piperazine rings is 1. The van der Waals surface area contributed by atoms with Gasteiger partial charge in [-0.15, -0.1) is 0 Å². The van der Waals surface area contributed by atoms with Gasteiger partial charge < -0.3 is 25.0 Å². The van der Waals surface area contributed by atoms with Crippen molar-refractivity contribution in [3.63, 3.8) is 0 Å². The molecule has 0 saturated carbocycles. The molecule has 0 spiro atoms. The standard InChI is InChI=1S/C35H44ClN3O7S/c1-4-25-15-13-24(22-32(25)45-2)14-17-30(40)29-23-38(35(42)46-31-18-16-26-10-7-8-11-27(26)33(31)36)19-20-39(29)34(41)28(37)12-6-5-9-21-47(3,43)44/h7-8,10-11,13,15-16,18,22,28-29H,4-6,9,12,14,17,19-21,23,37H2,1-3H3/t28-,29+/m1/s1. The zero-order chi connectivity index (χ0) is 34.1. The number of nitrogens with zero attached hydrogens (tertiary/aromatic N) is 2. The lowest BCUT2D eigenvalue weighted by atomic mass is 9.98. The van der Waals surface area contributed by atoms with Crippen LogP contribution in [0.25, 0.3) is 10.8 Å². The van der Waals surface area contributed by atoms with Crippen molar-refractivity contribution in [2.75, 3.05) is 38.8 Å². The van der Waals surface area contributed by atoms with E-state index in [2.05, 4.69) is 0 Å². The Hall–Kier alpha value is -3.67. The van der Waals surface area contributed by atoms with Gasteiger partial charge in [-0.3, -0.25) is 9.59 Å². The fourth-order valence-electron chi connectivity index (χ4n) is 5.85. The maximum absolute atomic E-state index is 13.8. The summed E-state index contributed by atoms with van der Waals surface area (Å²) in [4.78, 5) is 43.6. The number of nitrogens with two attached hydrogens (primary N) is 1. The van der Waals surface area contributed by atoms with E-state index in [-0.39, 0.29) is 49.2 Å². The first kappa shape index (κ1) is 36.2. The van der Waals surface area contributed by atoms with Crippen LogP contribution in [-0.4, -0.2) is 86.8 Å². The van der Waals surface area contributed by atoms with Gasteiger partial charge in [-0.2, -0.15) is 0 Å². The number of ether oxygens (including phenoxy) is 2. The van der Waals surface area contributed by atoms with Gasteiger partial charge in [0, 0.05) is 36.9 Å². The summed E-state index contributed by atoms with van der Waals surface area (Å²) in [7, 11) is -1.44. The number of sulfone groups is 1. The number of methoxy groups -OCH3 is 1. The van der Waals surface area contributed by atoms with Crippen LogP contribution in [0.1, 0.15) is 50.2 Å². The molecule has 1 fully saturated rings. The Morgan fingerprint density at radius 3 is 2.51 bits per heavy atom. The first-order valence-electron chi connectivity index (χ1n) is 16.0. The number of carbonyl (C=O) groups excluding carboxylic acids is 3. The molecule has 4 rings (SSSR count). The number of hydrogen-bond acceptors (Lipinski definition) is 8. The van der Waals surface area contributed by atoms with Gasteiger partial charge in [-0.25, -0.2) is 13.2 Å². The molecular formula is C35H44ClN3O7S. The summed E-state index contributed by atoms with van der Waals surface area (Å²) in [6, 6.07) is 15.1. The third-order valence-corrected chi connectivity index (χ3v) is 9.98. The van der Waals surface area contributed by atoms with Crippen LogP contribution in [0, 0.1) is 0 Å². The van der Waals surface area contributed by atoms with Gasteiger partial charge >= 0.3 is 6.09 Å². The van der Waals surface area contributed by atoms with Crippen LogP contribution in [0.15, 0.2) is 54.6 Å². The van der Waals surface area contributed by atoms with Crippen LogP contribution in [0.2, 0.25) is 5.02 Å². The molecule has 0 aromatic heterocycles. The molecule has 12 heteroatoms. The van der Waals surface area contributed by atoms with Gasteiger partial charge in [0.2, 0.25) is 5.91 Å². The molecule has 10 nitrogen and oxygen atoms in total. The Morgan fingerprint density at radius 2 is 1.79 bits per heavy atom. The average Bonchev–Trinajstić information content (AvgIpc) is 3.06. The molecule has 1 saturated heterocycles. The molecule has 254 valence electrons. The smallest absolute Gasteiger partial charge is 0.415 e. The quantitative estimate of drug-likeness (QED) is 0.229. The normalized spacial score (nSPS) is 15.8. The molecule has 47 heavy (non-hydrogen) atoms. The summed E-state index contributed by atoms with van der Waals surface area (Å²) < 4.78 is 34.1. The summed E-state index contributed by atoms with van der Waals surface area (Å²) in [6.45, 7) is 2.25. The topological polar surface area (TPSA) is 136 Å². The molecule has 2 N–H and O–H groups in total. The van der Waals surface area contributed by atoms with Gasteiger partial charge in [-0.05, 0) is 54.3 Å². The SMILES string of the molecule is CCc1ccc(CCC(=O)[C@@H]2CN(C(=O)Oc3ccc4ccccc4c3Cl)CCN2C(=O)[C@H](N)CCCCCS(C)(=O)=O)cc1OC. The molecule has 1 aliphatic rings. The van der Waals surface area contributed by atoms with Crippen LogP contribution in [0.4, 0.5) is 4.79 Å². The number of fused-ring (bicyclic) bond motifs is 1. The van der Waals surface area contributed by atoms with Crippen molar-refractivity contribution in [1.29, 1.82) is 0 Å². The highest BCUT2D eigenvalue weighted by Crippen LogP contribution is 2.33. The number of ketones is 1. The van der Waals surface area contributed by atoms with Crippen molar-refractivity contribution in [3.05, 3.63) is 70.7 Å². The van der Waals surface area contributed by atoms with Crippen LogP contribution >= 0.6 is 11.6 Å². The number of aryl methyl sites for hydroxylation is 2. The summed E-state index contributed by atoms with van der Waals surface area (Å²) in [6.07, 6.45) is 3.97. The maximum Gasteiger partial charge on any atom is 0.415 e. The minimum atomic E-state index is -3.05. The van der Waals surface area contributed by atoms with E-state index in [9.17, 15) is 22.8 Å². The maximum atomic E-state index is 13.8. The largest absolute Gasteiger partial charge is 0.496 e. The molecule has 0 aliphatic carbocycles. The monoisotopic (exact) mass is 685 g/mol. The average molecular weight is 686 g/mol. The predicted octanol–water partition coefficient (Wildman–Crippen LogP) is 5.21. The van der Waals surface area contributed by atoms with Crippen molar-refractivity contribution < 1.29 is 32.3 Å². The number of benzene rings is 3. The van der Waals surface area contributed by atoms with Gasteiger partial charge in [0.15, 0.2) is 11.5 Å². The molecule has 0 radical (unpaired) electrons. The molecule has 3 aromatic rings. The van der Waals surface area contributed by atoms with Crippen LogP contribution in [0.5, 0.6) is 11.5 Å². The van der Waals surface area contributed by atoms with Gasteiger partial charge in [0.25, 0.3) is 0 Å². The summed E-state index contributed by atoms with van der Waals surface area (Å²) in [5.74, 6) is 0.488. The van der Waals surface area contributed by atoms with E-state index >= 15 is 0 Å². The first-order valence-corrected chi connectivity index (χ1v) is 18.4. The molecule has 0 bridgehead atoms. The summed E-state index contributed by atoms with van der Waals surface area (Å²) in [5, 5.41) is 1.96. The molecule has 3 aromatic carbocycles. The van der Waals surface area contributed by atoms with Crippen molar-refractivity contribution in [3.8, 4) is 11.5 Å². The minimum absolute atomic E-state index is 0.0478. The van der Waals surface area contributed by atoms with E-state index in [1.165, 1.54) is 16.1 Å². The van der Waals surface area contributed by atoms with E-state index < -0.39 is 28.0 Å². The van der Waals surface area contributed by atoms with Crippen molar-refractivity contribution >= 4 is 50.0 Å². The van der Waals surface area contributed by atoms with Crippen molar-refractivity contribution in [2.24, 2.45) is 5.73 Å². The van der Waals surface area contributed by atoms with Gasteiger partial charge in [0.1, 0.15) is 21.6 Å². The third-order valence-electron chi connectivity index (χ3n) is 8.56. The van der Waals surface area contributed by atoms with E-state index in [0.29, 0.717) is 37.1 Å². The Kier molecular flexibility index (Phi) is 12.6. The van der Waals surface area contributed by atoms with Crippen LogP contribution < -0.4 is 15.2 Å². The lowest BCUT2D eigenvalue weighted by Gasteiger charge is -2.41. The van der Waals surface area contributed by atoms with E-state index in [4.69, 9.17) is 26.8 Å². The molecule has 1 heterocycles. The van der Waals surface area contributed by atoms with E-state index in [1.54, 1.807) is 13.2 Å². The van der Waals surface area contributed by atoms with Gasteiger partial charge in [-0.1, -0.05) is 73.8 Å². The van der Waals surface area contributed by atoms with Crippen molar-refractivity contribution in [2.45, 2.75) is 64.0 Å². The Balaban J connectivity index is 1.47. The number of Topliss-reactive ketones (excluding diaryl/α,β-unsaturated/α-hetero) is 1. The molecule has 2 atom stereocenters. The Morgan fingerprint density at radius 1 is 1.02 bits per heavy atom. The second-order valence-corrected chi connectivity index (χ2v) is 14.6. The predicted molar refractivity (Wildman–Crippen MR) is 184 cm³/mol. The van der Waals surface area contributed by atoms with Crippen LogP contribution in [0.3, 0.4) is 0 Å². The lowest BCUT2D eigenvalue weighted by molar-refractivity contribution is -0.143. The lowest BCUT2D eigenvalue weighted by Crippen LogP contribution is -2.62. The zero-order valence-electron chi connectivity index (χ0n) is 27.2. The van der Waals surface area contributed by atoms with Gasteiger partial charge in [0.05, 0.1) is 24.7 Å². The summed E-state index contributed by atoms with van der Waals surface area (Å²) in [5.41, 5.74) is 8.30. The second-order valence-electron chi connectivity index (χ2n) is 12.0. The number of hydrogen-bond donors (Lipinski definition) is 1. The number of halogens is 1. The number of unbranched alkanes of at least 4 members (excludes halogenated alkanes) is 2. The first-order chi connectivity index (χ1) is 22.4. The molecule has 2 amide bonds. The highest BCUT2D eigenvalue weighted by molar-refractivity contribution is 7.90. The number of amides is 2. The summed E-state index contributed by atoms with van der Waals surface area (Å²) >= 11 is 6.57. The van der Waals surface area contributed by atoms with Crippen LogP contribution in [-0.2, 0) is 32.3 Å². The minimum Gasteiger partial charge on any atom is -0.496 e. The molecular weight excluding hydrogens is 642 g/mol. The number of carbonyl (C=O) groups is 3. The zero-order valence-corrected chi connectivity index (χ0v) is 28.8. The Bertz CT molecular complexity index is 1700. The second kappa shape index (κ2) is 16.4. The molecule has 0 unspecified atom stereocenters. The number of rotatable bonds is 14. The highest BCUT2D eigenvalue weighted by atomic mass is 35.5. The fourth-order valence-corrected chi connectivity index (χ4v) is 6.85.